The van der Waals surface area contributed by atoms with Crippen molar-refractivity contribution >= 4 is 11.8 Å². The lowest BCUT2D eigenvalue weighted by atomic mass is 9.61. The van der Waals surface area contributed by atoms with E-state index in [0.717, 1.165) is 30.4 Å². The van der Waals surface area contributed by atoms with Crippen molar-refractivity contribution in [3.63, 3.8) is 0 Å². The lowest BCUT2D eigenvalue weighted by Crippen LogP contribution is -2.41. The number of carbonyl (C=O) groups excluding carboxylic acids is 2. The van der Waals surface area contributed by atoms with Crippen LogP contribution in [0.15, 0.2) is 18.2 Å². The Labute approximate surface area is 123 Å². The highest BCUT2D eigenvalue weighted by molar-refractivity contribution is 5.99. The standard InChI is InChI=1S/C17H19FO3/c1-21-16(20)13-6-8-17(10-15(13)19)7-5-12-11(9-17)3-2-4-14(12)18/h2-4,13H,5-10H2,1H3/t13?,17-/m0/s1. The maximum Gasteiger partial charge on any atom is 0.316 e. The number of hydrogen-bond donors (Lipinski definition) is 0. The second-order valence-corrected chi connectivity index (χ2v) is 6.31. The van der Waals surface area contributed by atoms with Gasteiger partial charge in [0.05, 0.1) is 7.11 Å². The third kappa shape index (κ3) is 2.47. The molecule has 1 fully saturated rings. The van der Waals surface area contributed by atoms with Crippen LogP contribution in [0.25, 0.3) is 0 Å². The minimum Gasteiger partial charge on any atom is -0.468 e. The fourth-order valence-corrected chi connectivity index (χ4v) is 3.88. The van der Waals surface area contributed by atoms with Gasteiger partial charge >= 0.3 is 5.97 Å². The van der Waals surface area contributed by atoms with Crippen LogP contribution in [0.5, 0.6) is 0 Å². The van der Waals surface area contributed by atoms with E-state index in [4.69, 9.17) is 4.74 Å². The average Bonchev–Trinajstić information content (AvgIpc) is 2.46. The van der Waals surface area contributed by atoms with Crippen LogP contribution in [0.4, 0.5) is 4.39 Å². The van der Waals surface area contributed by atoms with E-state index in [0.29, 0.717) is 19.3 Å². The smallest absolute Gasteiger partial charge is 0.316 e. The van der Waals surface area contributed by atoms with E-state index >= 15 is 0 Å². The summed E-state index contributed by atoms with van der Waals surface area (Å²) < 4.78 is 18.5. The van der Waals surface area contributed by atoms with Gasteiger partial charge < -0.3 is 4.74 Å². The summed E-state index contributed by atoms with van der Waals surface area (Å²) in [5.74, 6) is -1.18. The maximum absolute atomic E-state index is 13.8. The van der Waals surface area contributed by atoms with Gasteiger partial charge in [0.25, 0.3) is 0 Å². The number of fused-ring (bicyclic) bond motifs is 1. The fraction of sp³-hybridized carbons (Fsp3) is 0.529. The Hall–Kier alpha value is -1.71. The highest BCUT2D eigenvalue weighted by Crippen LogP contribution is 2.47. The van der Waals surface area contributed by atoms with Crippen molar-refractivity contribution in [2.45, 2.75) is 38.5 Å². The monoisotopic (exact) mass is 290 g/mol. The van der Waals surface area contributed by atoms with Crippen molar-refractivity contribution in [3.05, 3.63) is 35.1 Å². The number of benzene rings is 1. The molecule has 0 N–H and O–H groups in total. The number of ketones is 1. The Balaban J connectivity index is 1.80. The van der Waals surface area contributed by atoms with Crippen LogP contribution in [0.2, 0.25) is 0 Å². The fourth-order valence-electron chi connectivity index (χ4n) is 3.88. The predicted octanol–water partition coefficient (Wildman–Crippen LogP) is 2.84. The molecule has 1 spiro atoms. The van der Waals surface area contributed by atoms with Gasteiger partial charge in [-0.2, -0.15) is 0 Å². The van der Waals surface area contributed by atoms with Gasteiger partial charge in [-0.25, -0.2) is 4.39 Å². The number of methoxy groups -OCH3 is 1. The average molecular weight is 290 g/mol. The molecule has 2 aliphatic carbocycles. The molecule has 1 saturated carbocycles. The molecule has 0 aliphatic heterocycles. The van der Waals surface area contributed by atoms with Crippen LogP contribution >= 0.6 is 0 Å². The zero-order chi connectivity index (χ0) is 15.0. The second-order valence-electron chi connectivity index (χ2n) is 6.31. The molecular weight excluding hydrogens is 271 g/mol. The molecular formula is C17H19FO3. The molecule has 0 bridgehead atoms. The van der Waals surface area contributed by atoms with Gasteiger partial charge in [-0.1, -0.05) is 12.1 Å². The number of ether oxygens (including phenoxy) is 1. The summed E-state index contributed by atoms with van der Waals surface area (Å²) in [6.45, 7) is 0. The molecule has 0 saturated heterocycles. The molecule has 1 aromatic carbocycles. The Morgan fingerprint density at radius 2 is 2.14 bits per heavy atom. The first-order valence-electron chi connectivity index (χ1n) is 7.41. The highest BCUT2D eigenvalue weighted by atomic mass is 19.1. The lowest BCUT2D eigenvalue weighted by molar-refractivity contribution is -0.152. The van der Waals surface area contributed by atoms with E-state index in [1.54, 1.807) is 6.07 Å². The molecule has 3 nitrogen and oxygen atoms in total. The number of esters is 1. The molecule has 21 heavy (non-hydrogen) atoms. The molecule has 112 valence electrons. The zero-order valence-corrected chi connectivity index (χ0v) is 12.2. The summed E-state index contributed by atoms with van der Waals surface area (Å²) in [5, 5.41) is 0. The topological polar surface area (TPSA) is 43.4 Å². The SMILES string of the molecule is COC(=O)C1CC[C@]2(CCc3c(F)cccc3C2)CC1=O. The van der Waals surface area contributed by atoms with Crippen LogP contribution in [0, 0.1) is 17.2 Å². The molecule has 0 amide bonds. The number of carbonyl (C=O) groups is 2. The highest BCUT2D eigenvalue weighted by Gasteiger charge is 2.44. The minimum atomic E-state index is -0.602. The molecule has 0 aromatic heterocycles. The molecule has 3 rings (SSSR count). The van der Waals surface area contributed by atoms with Crippen LogP contribution in [0.3, 0.4) is 0 Å². The van der Waals surface area contributed by atoms with Crippen molar-refractivity contribution in [1.29, 1.82) is 0 Å². The first kappa shape index (κ1) is 14.2. The minimum absolute atomic E-state index is 0.0204. The van der Waals surface area contributed by atoms with Crippen molar-refractivity contribution in [2.75, 3.05) is 7.11 Å². The van der Waals surface area contributed by atoms with E-state index in [2.05, 4.69) is 0 Å². The van der Waals surface area contributed by atoms with Gasteiger partial charge in [-0.05, 0) is 54.7 Å². The molecule has 1 aromatic rings. The van der Waals surface area contributed by atoms with Gasteiger partial charge in [-0.15, -0.1) is 0 Å². The Kier molecular flexibility index (Phi) is 3.56. The largest absolute Gasteiger partial charge is 0.468 e. The van der Waals surface area contributed by atoms with Gasteiger partial charge in [0.1, 0.15) is 17.5 Å². The maximum atomic E-state index is 13.8. The number of Topliss-reactive ketones (excluding diaryl/α,β-unsaturated/α-hetero) is 1. The molecule has 2 aliphatic rings. The van der Waals surface area contributed by atoms with Crippen LogP contribution in [0.1, 0.15) is 36.8 Å². The number of rotatable bonds is 1. The molecule has 2 atom stereocenters. The summed E-state index contributed by atoms with van der Waals surface area (Å²) in [7, 11) is 1.32. The summed E-state index contributed by atoms with van der Waals surface area (Å²) in [6.07, 6.45) is 4.02. The first-order valence-corrected chi connectivity index (χ1v) is 7.41. The van der Waals surface area contributed by atoms with Gasteiger partial charge in [-0.3, -0.25) is 9.59 Å². The summed E-state index contributed by atoms with van der Waals surface area (Å²) in [4.78, 5) is 23.9. The van der Waals surface area contributed by atoms with Gasteiger partial charge in [0.2, 0.25) is 0 Å². The zero-order valence-electron chi connectivity index (χ0n) is 12.2. The molecule has 0 radical (unpaired) electrons. The quantitative estimate of drug-likeness (QED) is 0.590. The van der Waals surface area contributed by atoms with Crippen molar-refractivity contribution in [3.8, 4) is 0 Å². The molecule has 0 heterocycles. The normalized spacial score (nSPS) is 28.3. The van der Waals surface area contributed by atoms with Gasteiger partial charge in [0, 0.05) is 6.42 Å². The summed E-state index contributed by atoms with van der Waals surface area (Å²) in [6, 6.07) is 5.18. The van der Waals surface area contributed by atoms with E-state index in [9.17, 15) is 14.0 Å². The first-order chi connectivity index (χ1) is 10.0. The summed E-state index contributed by atoms with van der Waals surface area (Å²) >= 11 is 0. The molecule has 1 unspecified atom stereocenters. The van der Waals surface area contributed by atoms with E-state index in [1.165, 1.54) is 13.2 Å². The van der Waals surface area contributed by atoms with E-state index in [-0.39, 0.29) is 17.0 Å². The predicted molar refractivity (Wildman–Crippen MR) is 75.2 cm³/mol. The lowest BCUT2D eigenvalue weighted by Gasteiger charge is -2.42. The van der Waals surface area contributed by atoms with E-state index < -0.39 is 11.9 Å². The van der Waals surface area contributed by atoms with E-state index in [1.807, 2.05) is 6.07 Å². The van der Waals surface area contributed by atoms with Crippen LogP contribution in [-0.2, 0) is 27.2 Å². The third-order valence-corrected chi connectivity index (χ3v) is 5.07. The van der Waals surface area contributed by atoms with Crippen LogP contribution < -0.4 is 0 Å². The van der Waals surface area contributed by atoms with Crippen molar-refractivity contribution < 1.29 is 18.7 Å². The third-order valence-electron chi connectivity index (χ3n) is 5.07. The Morgan fingerprint density at radius 1 is 1.33 bits per heavy atom. The Bertz CT molecular complexity index is 596. The van der Waals surface area contributed by atoms with Crippen molar-refractivity contribution in [2.24, 2.45) is 11.3 Å². The molecule has 4 heteroatoms. The second kappa shape index (κ2) is 5.24. The van der Waals surface area contributed by atoms with Crippen molar-refractivity contribution in [1.82, 2.24) is 0 Å². The summed E-state index contributed by atoms with van der Waals surface area (Å²) in [5.41, 5.74) is 1.72. The van der Waals surface area contributed by atoms with Crippen LogP contribution in [-0.4, -0.2) is 18.9 Å². The number of halogens is 1. The number of hydrogen-bond acceptors (Lipinski definition) is 3. The Morgan fingerprint density at radius 3 is 2.86 bits per heavy atom. The van der Waals surface area contributed by atoms with Gasteiger partial charge in [0.15, 0.2) is 0 Å².